The van der Waals surface area contributed by atoms with Crippen LogP contribution >= 0.6 is 0 Å². The number of likely N-dealkylation sites (tertiary alicyclic amines) is 1. The van der Waals surface area contributed by atoms with E-state index in [-0.39, 0.29) is 42.3 Å². The number of fused-ring (bicyclic) bond motifs is 1. The van der Waals surface area contributed by atoms with Gasteiger partial charge in [-0.15, -0.1) is 0 Å². The topological polar surface area (TPSA) is 172 Å². The molecule has 15 heteroatoms. The van der Waals surface area contributed by atoms with Crippen molar-refractivity contribution in [2.24, 2.45) is 10.7 Å². The summed E-state index contributed by atoms with van der Waals surface area (Å²) >= 11 is 0. The van der Waals surface area contributed by atoms with Crippen molar-refractivity contribution in [3.63, 3.8) is 0 Å². The number of nitrogens with two attached hydrogens (primary N) is 1. The number of nitrogens with one attached hydrogen (secondary N) is 6. The Morgan fingerprint density at radius 2 is 1.75 bits per heavy atom. The Balaban J connectivity index is 1.01. The zero-order valence-electron chi connectivity index (χ0n) is 31.8. The molecule has 0 aromatic heterocycles. The van der Waals surface area contributed by atoms with Crippen molar-refractivity contribution in [1.82, 2.24) is 31.1 Å². The molecule has 0 bridgehead atoms. The van der Waals surface area contributed by atoms with Gasteiger partial charge < -0.3 is 42.0 Å². The molecule has 55 heavy (non-hydrogen) atoms. The van der Waals surface area contributed by atoms with Crippen LogP contribution in [0.1, 0.15) is 81.8 Å². The lowest BCUT2D eigenvalue weighted by Gasteiger charge is -2.37. The van der Waals surface area contributed by atoms with Crippen molar-refractivity contribution in [1.29, 1.82) is 5.41 Å². The fraction of sp³-hybridized carbons (Fsp3) is 0.550. The molecular formula is C40H56F2N10O3. The first-order valence-electron chi connectivity index (χ1n) is 19.7. The van der Waals surface area contributed by atoms with Gasteiger partial charge >= 0.3 is 0 Å². The highest BCUT2D eigenvalue weighted by Gasteiger charge is 2.30. The number of anilines is 1. The third-order valence-corrected chi connectivity index (χ3v) is 11.1. The van der Waals surface area contributed by atoms with E-state index in [2.05, 4.69) is 48.6 Å². The second kappa shape index (κ2) is 19.3. The molecule has 0 unspecified atom stereocenters. The fourth-order valence-corrected chi connectivity index (χ4v) is 8.05. The highest BCUT2D eigenvalue weighted by atomic mass is 19.2. The van der Waals surface area contributed by atoms with Gasteiger partial charge in [-0.2, -0.15) is 4.99 Å². The first kappa shape index (κ1) is 40.1. The summed E-state index contributed by atoms with van der Waals surface area (Å²) in [5, 5.41) is 23.9. The van der Waals surface area contributed by atoms with Gasteiger partial charge in [0.15, 0.2) is 34.9 Å². The van der Waals surface area contributed by atoms with E-state index in [0.717, 1.165) is 94.7 Å². The second-order valence-electron chi connectivity index (χ2n) is 15.1. The van der Waals surface area contributed by atoms with E-state index in [1.165, 1.54) is 13.0 Å². The molecule has 298 valence electrons. The molecule has 6 rings (SSSR count). The maximum atomic E-state index is 14.0. The number of benzene rings is 2. The number of carbonyl (C=O) groups excluding carboxylic acids is 2. The summed E-state index contributed by atoms with van der Waals surface area (Å²) in [4.78, 5) is 34.0. The molecule has 4 aliphatic rings. The molecule has 2 aromatic carbocycles. The molecule has 0 spiro atoms. The normalized spacial score (nSPS) is 22.2. The number of hydrogen-bond acceptors (Lipinski definition) is 8. The zero-order valence-corrected chi connectivity index (χ0v) is 31.8. The Bertz CT molecular complexity index is 1720. The summed E-state index contributed by atoms with van der Waals surface area (Å²) in [6, 6.07) is 11.0. The number of hydrogen-bond donors (Lipinski definition) is 7. The highest BCUT2D eigenvalue weighted by Crippen LogP contribution is 2.37. The molecule has 2 aromatic rings. The van der Waals surface area contributed by atoms with Gasteiger partial charge in [-0.25, -0.2) is 8.78 Å². The number of rotatable bonds is 13. The van der Waals surface area contributed by atoms with Crippen LogP contribution in [0.4, 0.5) is 14.5 Å². The van der Waals surface area contributed by atoms with Crippen LogP contribution < -0.4 is 37.1 Å². The third kappa shape index (κ3) is 11.5. The maximum Gasteiger partial charge on any atom is 0.244 e. The largest absolute Gasteiger partial charge is 0.450 e. The zero-order chi connectivity index (χ0) is 38.7. The van der Waals surface area contributed by atoms with Crippen molar-refractivity contribution in [3.05, 3.63) is 71.1 Å². The van der Waals surface area contributed by atoms with Crippen molar-refractivity contribution in [3.8, 4) is 5.75 Å². The number of aliphatic imine (C=N–C) groups is 1. The molecule has 1 aliphatic carbocycles. The fourth-order valence-electron chi connectivity index (χ4n) is 8.05. The number of amides is 2. The minimum Gasteiger partial charge on any atom is -0.450 e. The van der Waals surface area contributed by atoms with Gasteiger partial charge in [0.1, 0.15) is 0 Å². The Morgan fingerprint density at radius 1 is 1.00 bits per heavy atom. The van der Waals surface area contributed by atoms with Crippen LogP contribution in [-0.2, 0) is 16.1 Å². The SMILES string of the molecule is CC(=O)/N=C1/Nc2cc(C3CCN(C(=O)CN(Cc4ccc(F)c(F)c4)C4CCNCC4)CC3)ccc2O/C1=C/NC1CCC(NCCCNC(=N)N)CC1. The molecular weight excluding hydrogens is 707 g/mol. The molecule has 2 saturated heterocycles. The predicted octanol–water partition coefficient (Wildman–Crippen LogP) is 3.88. The minimum absolute atomic E-state index is 0.000256. The average molecular weight is 763 g/mol. The summed E-state index contributed by atoms with van der Waals surface area (Å²) in [5.41, 5.74) is 7.87. The number of carbonyl (C=O) groups is 2. The molecule has 1 saturated carbocycles. The van der Waals surface area contributed by atoms with Crippen molar-refractivity contribution in [2.75, 3.05) is 51.1 Å². The Labute approximate surface area is 322 Å². The van der Waals surface area contributed by atoms with Crippen LogP contribution in [-0.4, -0.2) is 97.3 Å². The molecule has 0 atom stereocenters. The van der Waals surface area contributed by atoms with E-state index in [9.17, 15) is 18.4 Å². The van der Waals surface area contributed by atoms with Crippen LogP contribution in [0.5, 0.6) is 5.75 Å². The molecule has 2 amide bonds. The summed E-state index contributed by atoms with van der Waals surface area (Å²) < 4.78 is 33.9. The van der Waals surface area contributed by atoms with E-state index in [0.29, 0.717) is 55.1 Å². The van der Waals surface area contributed by atoms with Crippen LogP contribution in [0.25, 0.3) is 0 Å². The quantitative estimate of drug-likeness (QED) is 0.0903. The van der Waals surface area contributed by atoms with Gasteiger partial charge in [-0.1, -0.05) is 12.1 Å². The monoisotopic (exact) mass is 762 g/mol. The lowest BCUT2D eigenvalue weighted by atomic mass is 9.89. The highest BCUT2D eigenvalue weighted by molar-refractivity contribution is 6.13. The summed E-state index contributed by atoms with van der Waals surface area (Å²) in [7, 11) is 0. The van der Waals surface area contributed by atoms with Crippen molar-refractivity contribution in [2.45, 2.75) is 95.3 Å². The summed E-state index contributed by atoms with van der Waals surface area (Å²) in [6.07, 6.45) is 10.2. The first-order valence-corrected chi connectivity index (χ1v) is 19.7. The summed E-state index contributed by atoms with van der Waals surface area (Å²) in [5.74, 6) is -0.303. The van der Waals surface area contributed by atoms with Gasteiger partial charge in [0.25, 0.3) is 0 Å². The van der Waals surface area contributed by atoms with Gasteiger partial charge in [0, 0.05) is 57.4 Å². The number of halogens is 2. The van der Waals surface area contributed by atoms with E-state index in [1.807, 2.05) is 17.2 Å². The van der Waals surface area contributed by atoms with Crippen LogP contribution in [0, 0.1) is 17.0 Å². The van der Waals surface area contributed by atoms with E-state index in [4.69, 9.17) is 15.9 Å². The average Bonchev–Trinajstić information content (AvgIpc) is 3.18. The number of guanidine groups is 1. The molecule has 3 heterocycles. The van der Waals surface area contributed by atoms with Crippen LogP contribution in [0.15, 0.2) is 53.3 Å². The van der Waals surface area contributed by atoms with Crippen LogP contribution in [0.2, 0.25) is 0 Å². The summed E-state index contributed by atoms with van der Waals surface area (Å²) in [6.45, 7) is 6.57. The smallest absolute Gasteiger partial charge is 0.244 e. The van der Waals surface area contributed by atoms with Crippen molar-refractivity contribution < 1.29 is 23.1 Å². The number of piperidine rings is 2. The number of ether oxygens (including phenoxy) is 1. The number of nitrogens with zero attached hydrogens (tertiary/aromatic N) is 3. The molecule has 8 N–H and O–H groups in total. The lowest BCUT2D eigenvalue weighted by Crippen LogP contribution is -2.49. The lowest BCUT2D eigenvalue weighted by molar-refractivity contribution is -0.134. The minimum atomic E-state index is -0.873. The van der Waals surface area contributed by atoms with Crippen LogP contribution in [0.3, 0.4) is 0 Å². The predicted molar refractivity (Wildman–Crippen MR) is 210 cm³/mol. The Hall–Kier alpha value is -4.60. The van der Waals surface area contributed by atoms with Crippen molar-refractivity contribution >= 4 is 29.3 Å². The Kier molecular flexibility index (Phi) is 14.1. The van der Waals surface area contributed by atoms with Gasteiger partial charge in [0.05, 0.1) is 12.2 Å². The molecule has 3 fully saturated rings. The maximum absolute atomic E-state index is 14.0. The second-order valence-corrected chi connectivity index (χ2v) is 15.1. The molecule has 0 radical (unpaired) electrons. The standard InChI is InChI=1S/C40H56F2N10O3/c1-26(53)49-39-37(23-48-31-7-5-30(6-8-31)46-15-2-16-47-40(43)44)55-36-10-4-29(22-35(36)50-39)28-13-19-51(20-14-28)38(54)25-52(32-11-17-45-18-12-32)24-27-3-9-33(41)34(42)21-27/h3-4,9-10,21-23,28,30-32,45-46,48H,2,5-8,11-20,24-25H2,1H3,(H4,43,44,47)(H,49,50,53)/b37-23+. The van der Waals surface area contributed by atoms with Gasteiger partial charge in [-0.05, 0) is 119 Å². The molecule has 13 nitrogen and oxygen atoms in total. The van der Waals surface area contributed by atoms with E-state index in [1.54, 1.807) is 6.07 Å². The number of amidine groups is 1. The van der Waals surface area contributed by atoms with Gasteiger partial charge in [0.2, 0.25) is 11.8 Å². The van der Waals surface area contributed by atoms with Gasteiger partial charge in [-0.3, -0.25) is 19.9 Å². The molecule has 3 aliphatic heterocycles. The first-order chi connectivity index (χ1) is 26.6. The van der Waals surface area contributed by atoms with E-state index < -0.39 is 11.6 Å². The Morgan fingerprint density at radius 3 is 2.45 bits per heavy atom. The third-order valence-electron chi connectivity index (χ3n) is 11.1. The van der Waals surface area contributed by atoms with E-state index >= 15 is 0 Å².